The van der Waals surface area contributed by atoms with Crippen LogP contribution < -0.4 is 0 Å². The van der Waals surface area contributed by atoms with E-state index in [-0.39, 0.29) is 18.4 Å². The van der Waals surface area contributed by atoms with Crippen molar-refractivity contribution in [2.24, 2.45) is 0 Å². The van der Waals surface area contributed by atoms with Crippen LogP contribution in [0.3, 0.4) is 0 Å². The largest absolute Gasteiger partial charge is 0.506 e. The molecule has 0 amide bonds. The SMILES string of the molecule is CCOC(=O)c1c(CSc2ccc(F)c(F)c2)n(C2CC2)c2cc(Br)c(O)c(CN3CCN(C)CC3)c12. The molecule has 1 aliphatic heterocycles. The number of phenols is 1. The number of esters is 1. The van der Waals surface area contributed by atoms with Gasteiger partial charge in [-0.3, -0.25) is 4.90 Å². The average Bonchev–Trinajstić information content (AvgIpc) is 3.66. The van der Waals surface area contributed by atoms with E-state index in [2.05, 4.69) is 37.3 Å². The summed E-state index contributed by atoms with van der Waals surface area (Å²) in [6.45, 7) is 6.09. The van der Waals surface area contributed by atoms with Gasteiger partial charge in [-0.2, -0.15) is 0 Å². The van der Waals surface area contributed by atoms with Gasteiger partial charge in [0.25, 0.3) is 0 Å². The molecular weight excluding hydrogens is 564 g/mol. The minimum Gasteiger partial charge on any atom is -0.506 e. The molecule has 1 aromatic heterocycles. The molecule has 198 valence electrons. The summed E-state index contributed by atoms with van der Waals surface area (Å²) in [6.07, 6.45) is 1.97. The van der Waals surface area contributed by atoms with Gasteiger partial charge in [0.15, 0.2) is 11.6 Å². The van der Waals surface area contributed by atoms with E-state index >= 15 is 0 Å². The molecule has 37 heavy (non-hydrogen) atoms. The van der Waals surface area contributed by atoms with Crippen LogP contribution in [0.1, 0.15) is 47.4 Å². The third kappa shape index (κ3) is 5.39. The molecule has 1 aliphatic carbocycles. The lowest BCUT2D eigenvalue weighted by Gasteiger charge is -2.32. The Balaban J connectivity index is 1.65. The number of hydrogen-bond acceptors (Lipinski definition) is 6. The van der Waals surface area contributed by atoms with E-state index in [1.165, 1.54) is 17.8 Å². The highest BCUT2D eigenvalue weighted by Crippen LogP contribution is 2.47. The zero-order valence-corrected chi connectivity index (χ0v) is 23.3. The number of carbonyl (C=O) groups is 1. The summed E-state index contributed by atoms with van der Waals surface area (Å²) in [4.78, 5) is 18.6. The van der Waals surface area contributed by atoms with Crippen molar-refractivity contribution in [1.29, 1.82) is 0 Å². The Morgan fingerprint density at radius 3 is 2.54 bits per heavy atom. The summed E-state index contributed by atoms with van der Waals surface area (Å²) in [7, 11) is 2.09. The van der Waals surface area contributed by atoms with Crippen LogP contribution in [0.15, 0.2) is 33.6 Å². The van der Waals surface area contributed by atoms with Crippen LogP contribution in [0.25, 0.3) is 10.9 Å². The highest BCUT2D eigenvalue weighted by molar-refractivity contribution is 9.10. The van der Waals surface area contributed by atoms with Crippen LogP contribution in [0.4, 0.5) is 8.78 Å². The first kappa shape index (κ1) is 26.5. The molecule has 6 nitrogen and oxygen atoms in total. The van der Waals surface area contributed by atoms with Crippen molar-refractivity contribution in [3.05, 3.63) is 57.2 Å². The van der Waals surface area contributed by atoms with E-state index in [4.69, 9.17) is 4.74 Å². The molecular formula is C27H30BrF2N3O3S. The van der Waals surface area contributed by atoms with Gasteiger partial charge in [-0.1, -0.05) is 0 Å². The number of aromatic nitrogens is 1. The number of hydrogen-bond donors (Lipinski definition) is 1. The van der Waals surface area contributed by atoms with Crippen LogP contribution in [0, 0.1) is 11.6 Å². The Bertz CT molecular complexity index is 1340. The Morgan fingerprint density at radius 2 is 1.89 bits per heavy atom. The van der Waals surface area contributed by atoms with Crippen molar-refractivity contribution in [3.63, 3.8) is 0 Å². The molecule has 0 bridgehead atoms. The fourth-order valence-corrected chi connectivity index (χ4v) is 6.37. The average molecular weight is 595 g/mol. The van der Waals surface area contributed by atoms with Crippen molar-refractivity contribution in [2.45, 2.75) is 43.0 Å². The van der Waals surface area contributed by atoms with Gasteiger partial charge in [-0.15, -0.1) is 11.8 Å². The van der Waals surface area contributed by atoms with E-state index in [0.717, 1.165) is 56.3 Å². The van der Waals surface area contributed by atoms with E-state index in [1.807, 2.05) is 6.07 Å². The monoisotopic (exact) mass is 593 g/mol. The first-order chi connectivity index (χ1) is 17.8. The molecule has 1 saturated carbocycles. The number of halogens is 3. The Labute approximate surface area is 227 Å². The summed E-state index contributed by atoms with van der Waals surface area (Å²) in [5.41, 5.74) is 2.81. The molecule has 0 unspecified atom stereocenters. The second-order valence-corrected chi connectivity index (χ2v) is 11.6. The molecule has 2 aromatic carbocycles. The van der Waals surface area contributed by atoms with E-state index < -0.39 is 17.6 Å². The number of piperazine rings is 1. The number of benzene rings is 2. The van der Waals surface area contributed by atoms with Crippen molar-refractivity contribution >= 4 is 44.6 Å². The number of phenolic OH excluding ortho intramolecular Hbond substituents is 1. The molecule has 1 saturated heterocycles. The second kappa shape index (κ2) is 10.9. The van der Waals surface area contributed by atoms with Gasteiger partial charge in [0.2, 0.25) is 0 Å². The number of likely N-dealkylation sites (N-methyl/N-ethyl adjacent to an activating group) is 1. The fraction of sp³-hybridized carbons (Fsp3) is 0.444. The molecule has 0 atom stereocenters. The first-order valence-corrected chi connectivity index (χ1v) is 14.3. The van der Waals surface area contributed by atoms with Crippen LogP contribution in [-0.2, 0) is 17.0 Å². The molecule has 1 N–H and O–H groups in total. The van der Waals surface area contributed by atoms with Gasteiger partial charge in [0.1, 0.15) is 5.75 Å². The fourth-order valence-electron chi connectivity index (χ4n) is 4.97. The lowest BCUT2D eigenvalue weighted by Crippen LogP contribution is -2.43. The Kier molecular flexibility index (Phi) is 7.81. The maximum Gasteiger partial charge on any atom is 0.340 e. The van der Waals surface area contributed by atoms with Crippen LogP contribution in [0.2, 0.25) is 0 Å². The number of nitrogens with zero attached hydrogens (tertiary/aromatic N) is 3. The van der Waals surface area contributed by atoms with E-state index in [0.29, 0.717) is 38.2 Å². The van der Waals surface area contributed by atoms with Gasteiger partial charge in [0, 0.05) is 66.1 Å². The summed E-state index contributed by atoms with van der Waals surface area (Å²) >= 11 is 4.89. The second-order valence-electron chi connectivity index (χ2n) is 9.67. The normalized spacial score (nSPS) is 17.0. The molecule has 5 rings (SSSR count). The van der Waals surface area contributed by atoms with Gasteiger partial charge >= 0.3 is 5.97 Å². The summed E-state index contributed by atoms with van der Waals surface area (Å²) in [5, 5.41) is 11.9. The molecule has 2 fully saturated rings. The zero-order chi connectivity index (χ0) is 26.3. The van der Waals surface area contributed by atoms with Gasteiger partial charge in [-0.05, 0) is 67.0 Å². The van der Waals surface area contributed by atoms with Crippen molar-refractivity contribution in [1.82, 2.24) is 14.4 Å². The summed E-state index contributed by atoms with van der Waals surface area (Å²) < 4.78 is 35.7. The lowest BCUT2D eigenvalue weighted by molar-refractivity contribution is 0.0527. The van der Waals surface area contributed by atoms with Crippen molar-refractivity contribution in [2.75, 3.05) is 39.8 Å². The number of thioether (sulfide) groups is 1. The first-order valence-electron chi connectivity index (χ1n) is 12.5. The van der Waals surface area contributed by atoms with Gasteiger partial charge < -0.3 is 19.3 Å². The maximum atomic E-state index is 13.9. The van der Waals surface area contributed by atoms with Crippen LogP contribution >= 0.6 is 27.7 Å². The highest BCUT2D eigenvalue weighted by atomic mass is 79.9. The summed E-state index contributed by atoms with van der Waals surface area (Å²) in [6, 6.07) is 5.95. The zero-order valence-electron chi connectivity index (χ0n) is 20.9. The summed E-state index contributed by atoms with van der Waals surface area (Å²) in [5.74, 6) is -1.73. The third-order valence-electron chi connectivity index (χ3n) is 7.06. The van der Waals surface area contributed by atoms with Crippen molar-refractivity contribution < 1.29 is 23.4 Å². The number of ether oxygens (including phenoxy) is 1. The molecule has 2 heterocycles. The molecule has 0 spiro atoms. The highest BCUT2D eigenvalue weighted by Gasteiger charge is 2.35. The van der Waals surface area contributed by atoms with Gasteiger partial charge in [0.05, 0.1) is 22.2 Å². The predicted molar refractivity (Wildman–Crippen MR) is 144 cm³/mol. The molecule has 2 aliphatic rings. The van der Waals surface area contributed by atoms with Crippen LogP contribution in [0.5, 0.6) is 5.75 Å². The van der Waals surface area contributed by atoms with Crippen LogP contribution in [-0.4, -0.2) is 65.3 Å². The molecule has 3 aromatic rings. The van der Waals surface area contributed by atoms with E-state index in [9.17, 15) is 18.7 Å². The maximum absolute atomic E-state index is 13.9. The lowest BCUT2D eigenvalue weighted by atomic mass is 10.0. The number of carbonyl (C=O) groups excluding carboxylic acids is 1. The quantitative estimate of drug-likeness (QED) is 0.258. The Morgan fingerprint density at radius 1 is 1.16 bits per heavy atom. The third-order valence-corrected chi connectivity index (χ3v) is 8.67. The predicted octanol–water partition coefficient (Wildman–Crippen LogP) is 5.94. The number of fused-ring (bicyclic) bond motifs is 1. The van der Waals surface area contributed by atoms with E-state index in [1.54, 1.807) is 13.0 Å². The topological polar surface area (TPSA) is 57.9 Å². The number of rotatable bonds is 8. The van der Waals surface area contributed by atoms with Crippen molar-refractivity contribution in [3.8, 4) is 5.75 Å². The standard InChI is InChI=1S/C27H30BrF2N3O3S/c1-3-36-27(35)25-23(15-37-17-6-7-20(29)21(30)12-17)33(16-4-5-16)22-13-19(28)26(34)18(24(22)25)14-32-10-8-31(2)9-11-32/h6-7,12-13,16,34H,3-5,8-11,14-15H2,1-2H3. The Hall–Kier alpha value is -2.14. The molecule has 0 radical (unpaired) electrons. The molecule has 10 heteroatoms. The van der Waals surface area contributed by atoms with Gasteiger partial charge in [-0.25, -0.2) is 13.6 Å². The number of aromatic hydroxyl groups is 1. The minimum absolute atomic E-state index is 0.129. The smallest absolute Gasteiger partial charge is 0.340 e. The minimum atomic E-state index is -0.901.